The van der Waals surface area contributed by atoms with E-state index in [1.54, 1.807) is 0 Å². The van der Waals surface area contributed by atoms with Crippen LogP contribution in [0.4, 0.5) is 23.2 Å². The summed E-state index contributed by atoms with van der Waals surface area (Å²) in [7, 11) is 0. The van der Waals surface area contributed by atoms with Gasteiger partial charge in [0.15, 0.2) is 0 Å². The molecule has 0 atom stereocenters. The van der Waals surface area contributed by atoms with E-state index in [0.29, 0.717) is 5.69 Å². The molecule has 0 aliphatic heterocycles. The Hall–Kier alpha value is -3.03. The van der Waals surface area contributed by atoms with E-state index in [-0.39, 0.29) is 17.1 Å². The van der Waals surface area contributed by atoms with Crippen LogP contribution in [0.25, 0.3) is 6.08 Å². The lowest BCUT2D eigenvalue weighted by Gasteiger charge is -2.12. The molecule has 1 N–H and O–H groups in total. The molecule has 0 saturated carbocycles. The Bertz CT molecular complexity index is 859. The molecule has 0 aliphatic rings. The van der Waals surface area contributed by atoms with Gasteiger partial charge in [0.05, 0.1) is 0 Å². The predicted molar refractivity (Wildman–Crippen MR) is 98.0 cm³/mol. The summed E-state index contributed by atoms with van der Waals surface area (Å²) in [6.07, 6.45) is 2.39. The van der Waals surface area contributed by atoms with E-state index in [0.717, 1.165) is 34.9 Å². The third-order valence-corrected chi connectivity index (χ3v) is 3.77. The number of benzene rings is 2. The topological polar surface area (TPSA) is 47.6 Å². The van der Waals surface area contributed by atoms with Crippen molar-refractivity contribution in [2.45, 2.75) is 34.0 Å². The Labute approximate surface area is 159 Å². The third-order valence-electron chi connectivity index (χ3n) is 3.77. The SMILES string of the molecule is Cc1cc(C)c(NC(=O)/C=C/c2ccc(OC(F)F)cc2OC(F)F)c(C)c1. The molecule has 0 heterocycles. The fourth-order valence-corrected chi connectivity index (χ4v) is 2.73. The first-order chi connectivity index (χ1) is 13.2. The number of halogens is 4. The van der Waals surface area contributed by atoms with Crippen molar-refractivity contribution in [3.8, 4) is 11.5 Å². The number of carbonyl (C=O) groups is 1. The molecule has 150 valence electrons. The Morgan fingerprint density at radius 2 is 1.57 bits per heavy atom. The lowest BCUT2D eigenvalue weighted by atomic mass is 10.1. The van der Waals surface area contributed by atoms with Crippen LogP contribution < -0.4 is 14.8 Å². The van der Waals surface area contributed by atoms with Crippen LogP contribution in [0.3, 0.4) is 0 Å². The standard InChI is InChI=1S/C20H19F4NO3/c1-11-8-12(2)18(13(3)9-11)25-17(26)7-5-14-4-6-15(27-19(21)22)10-16(14)28-20(23)24/h4-10,19-20H,1-3H3,(H,25,26)/b7-5+. The highest BCUT2D eigenvalue weighted by Gasteiger charge is 2.13. The van der Waals surface area contributed by atoms with Crippen molar-refractivity contribution in [2.75, 3.05) is 5.32 Å². The van der Waals surface area contributed by atoms with Crippen molar-refractivity contribution in [3.05, 3.63) is 58.7 Å². The van der Waals surface area contributed by atoms with Crippen molar-refractivity contribution >= 4 is 17.7 Å². The first-order valence-electron chi connectivity index (χ1n) is 8.26. The largest absolute Gasteiger partial charge is 0.435 e. The Morgan fingerprint density at radius 1 is 0.964 bits per heavy atom. The summed E-state index contributed by atoms with van der Waals surface area (Å²) in [5.74, 6) is -1.20. The summed E-state index contributed by atoms with van der Waals surface area (Å²) in [5, 5.41) is 2.74. The van der Waals surface area contributed by atoms with Crippen molar-refractivity contribution in [1.29, 1.82) is 0 Å². The second-order valence-electron chi connectivity index (χ2n) is 6.05. The maximum atomic E-state index is 12.6. The number of anilines is 1. The minimum Gasteiger partial charge on any atom is -0.435 e. The molecule has 0 spiro atoms. The maximum Gasteiger partial charge on any atom is 0.387 e. The van der Waals surface area contributed by atoms with Gasteiger partial charge in [-0.05, 0) is 50.1 Å². The number of hydrogen-bond acceptors (Lipinski definition) is 3. The number of alkyl halides is 4. The summed E-state index contributed by atoms with van der Waals surface area (Å²) >= 11 is 0. The van der Waals surface area contributed by atoms with Gasteiger partial charge in [-0.2, -0.15) is 17.6 Å². The minimum absolute atomic E-state index is 0.106. The van der Waals surface area contributed by atoms with Gasteiger partial charge < -0.3 is 14.8 Å². The number of amides is 1. The Morgan fingerprint density at radius 3 is 2.14 bits per heavy atom. The van der Waals surface area contributed by atoms with E-state index in [1.807, 2.05) is 32.9 Å². The van der Waals surface area contributed by atoms with Gasteiger partial charge in [0, 0.05) is 23.4 Å². The first kappa shape index (κ1) is 21.3. The molecule has 0 radical (unpaired) electrons. The molecule has 0 saturated heterocycles. The van der Waals surface area contributed by atoms with Crippen LogP contribution in [0, 0.1) is 20.8 Å². The van der Waals surface area contributed by atoms with E-state index >= 15 is 0 Å². The Balaban J connectivity index is 2.21. The lowest BCUT2D eigenvalue weighted by molar-refractivity contribution is -0.111. The van der Waals surface area contributed by atoms with E-state index in [9.17, 15) is 22.4 Å². The second kappa shape index (κ2) is 9.25. The quantitative estimate of drug-likeness (QED) is 0.498. The number of carbonyl (C=O) groups excluding carboxylic acids is 1. The summed E-state index contributed by atoms with van der Waals surface area (Å²) in [4.78, 5) is 12.2. The zero-order valence-corrected chi connectivity index (χ0v) is 15.4. The van der Waals surface area contributed by atoms with Gasteiger partial charge in [-0.25, -0.2) is 0 Å². The van der Waals surface area contributed by atoms with E-state index in [4.69, 9.17) is 0 Å². The molecule has 2 aromatic carbocycles. The molecule has 0 unspecified atom stereocenters. The van der Waals surface area contributed by atoms with Crippen LogP contribution >= 0.6 is 0 Å². The highest BCUT2D eigenvalue weighted by molar-refractivity contribution is 6.03. The van der Waals surface area contributed by atoms with Crippen molar-refractivity contribution in [2.24, 2.45) is 0 Å². The second-order valence-corrected chi connectivity index (χ2v) is 6.05. The monoisotopic (exact) mass is 397 g/mol. The fraction of sp³-hybridized carbons (Fsp3) is 0.250. The lowest BCUT2D eigenvalue weighted by Crippen LogP contribution is -2.10. The molecule has 28 heavy (non-hydrogen) atoms. The average molecular weight is 397 g/mol. The van der Waals surface area contributed by atoms with Gasteiger partial charge in [-0.3, -0.25) is 4.79 Å². The Kier molecular flexibility index (Phi) is 7.03. The van der Waals surface area contributed by atoms with Gasteiger partial charge in [-0.15, -0.1) is 0 Å². The van der Waals surface area contributed by atoms with Gasteiger partial charge in [0.25, 0.3) is 0 Å². The fourth-order valence-electron chi connectivity index (χ4n) is 2.73. The molecule has 2 rings (SSSR count). The highest BCUT2D eigenvalue weighted by atomic mass is 19.3. The highest BCUT2D eigenvalue weighted by Crippen LogP contribution is 2.29. The number of rotatable bonds is 7. The van der Waals surface area contributed by atoms with Crippen LogP contribution in [0.1, 0.15) is 22.3 Å². The van der Waals surface area contributed by atoms with E-state index in [2.05, 4.69) is 14.8 Å². The zero-order chi connectivity index (χ0) is 20.8. The van der Waals surface area contributed by atoms with E-state index in [1.165, 1.54) is 12.1 Å². The number of aryl methyl sites for hydroxylation is 3. The van der Waals surface area contributed by atoms with Crippen molar-refractivity contribution in [1.82, 2.24) is 0 Å². The summed E-state index contributed by atoms with van der Waals surface area (Å²) in [6.45, 7) is -0.615. The maximum absolute atomic E-state index is 12.6. The van der Waals surface area contributed by atoms with Gasteiger partial charge in [0.2, 0.25) is 5.91 Å². The molecular weight excluding hydrogens is 378 g/mol. The molecule has 0 aliphatic carbocycles. The van der Waals surface area contributed by atoms with Crippen LogP contribution in [0.15, 0.2) is 36.4 Å². The molecule has 4 nitrogen and oxygen atoms in total. The third kappa shape index (κ3) is 6.00. The summed E-state index contributed by atoms with van der Waals surface area (Å²) in [5.41, 5.74) is 3.59. The summed E-state index contributed by atoms with van der Waals surface area (Å²) < 4.78 is 58.3. The molecule has 8 heteroatoms. The normalized spacial score (nSPS) is 11.3. The molecule has 2 aromatic rings. The number of nitrogens with one attached hydrogen (secondary N) is 1. The van der Waals surface area contributed by atoms with Gasteiger partial charge in [0.1, 0.15) is 11.5 Å². The van der Waals surface area contributed by atoms with Crippen LogP contribution in [-0.2, 0) is 4.79 Å². The molecule has 0 fully saturated rings. The van der Waals surface area contributed by atoms with Crippen LogP contribution in [0.5, 0.6) is 11.5 Å². The van der Waals surface area contributed by atoms with Gasteiger partial charge >= 0.3 is 13.2 Å². The molecule has 0 bridgehead atoms. The number of hydrogen-bond donors (Lipinski definition) is 1. The van der Waals surface area contributed by atoms with Crippen molar-refractivity contribution in [3.63, 3.8) is 0 Å². The molecular formula is C20H19F4NO3. The first-order valence-corrected chi connectivity index (χ1v) is 8.26. The van der Waals surface area contributed by atoms with E-state index < -0.39 is 19.1 Å². The van der Waals surface area contributed by atoms with Crippen LogP contribution in [0.2, 0.25) is 0 Å². The predicted octanol–water partition coefficient (Wildman–Crippen LogP) is 5.47. The number of ether oxygens (including phenoxy) is 2. The average Bonchev–Trinajstić information content (AvgIpc) is 2.56. The van der Waals surface area contributed by atoms with Crippen LogP contribution in [-0.4, -0.2) is 19.1 Å². The van der Waals surface area contributed by atoms with Gasteiger partial charge in [-0.1, -0.05) is 17.7 Å². The smallest absolute Gasteiger partial charge is 0.387 e. The zero-order valence-electron chi connectivity index (χ0n) is 15.4. The molecule has 1 amide bonds. The van der Waals surface area contributed by atoms with Crippen molar-refractivity contribution < 1.29 is 31.8 Å². The molecule has 0 aromatic heterocycles. The minimum atomic E-state index is -3.17. The summed E-state index contributed by atoms with van der Waals surface area (Å²) in [6, 6.07) is 7.15.